The molecule has 6 heteroatoms. The van der Waals surface area contributed by atoms with Crippen molar-refractivity contribution in [3.8, 4) is 5.69 Å². The lowest BCUT2D eigenvalue weighted by atomic mass is 10.1. The first kappa shape index (κ1) is 20.7. The Labute approximate surface area is 181 Å². The lowest BCUT2D eigenvalue weighted by Crippen LogP contribution is -2.40. The molecule has 0 saturated carbocycles. The van der Waals surface area contributed by atoms with Crippen molar-refractivity contribution in [2.75, 3.05) is 13.1 Å². The summed E-state index contributed by atoms with van der Waals surface area (Å²) in [7, 11) is 0. The van der Waals surface area contributed by atoms with E-state index < -0.39 is 0 Å². The van der Waals surface area contributed by atoms with E-state index in [1.807, 2.05) is 60.4 Å². The molecule has 2 heterocycles. The molecule has 1 aliphatic rings. The van der Waals surface area contributed by atoms with Crippen LogP contribution in [0.3, 0.4) is 0 Å². The maximum absolute atomic E-state index is 13.5. The van der Waals surface area contributed by atoms with Crippen molar-refractivity contribution in [2.24, 2.45) is 0 Å². The molecular weight excluding hydrogens is 394 g/mol. The van der Waals surface area contributed by atoms with Crippen LogP contribution in [0.25, 0.3) is 16.6 Å². The molecule has 2 aromatic carbocycles. The standard InChI is InChI=1S/C24H27N3O2S/c1-3-18-11-5-8-14-21(18)27-23(29)19-12-6-7-13-20(19)25-24(27)30-17(2)22(28)26-15-9-4-10-16-26/h5-8,11-14,17H,3-4,9-10,15-16H2,1-2H3/t17-/m1/s1. The van der Waals surface area contributed by atoms with Crippen LogP contribution in [0.4, 0.5) is 0 Å². The van der Waals surface area contributed by atoms with Gasteiger partial charge in [-0.3, -0.25) is 14.2 Å². The number of likely N-dealkylation sites (tertiary alicyclic amines) is 1. The molecule has 1 fully saturated rings. The van der Waals surface area contributed by atoms with Gasteiger partial charge in [0.15, 0.2) is 5.16 Å². The maximum atomic E-state index is 13.5. The molecule has 0 aliphatic carbocycles. The van der Waals surface area contributed by atoms with Crippen molar-refractivity contribution in [1.29, 1.82) is 0 Å². The van der Waals surface area contributed by atoms with Crippen LogP contribution in [-0.2, 0) is 11.2 Å². The summed E-state index contributed by atoms with van der Waals surface area (Å²) < 4.78 is 1.69. The average molecular weight is 422 g/mol. The zero-order valence-electron chi connectivity index (χ0n) is 17.5. The second-order valence-corrected chi connectivity index (χ2v) is 8.99. The second-order valence-electron chi connectivity index (χ2n) is 7.68. The van der Waals surface area contributed by atoms with Gasteiger partial charge in [0.05, 0.1) is 21.8 Å². The molecule has 30 heavy (non-hydrogen) atoms. The smallest absolute Gasteiger partial charge is 0.266 e. The van der Waals surface area contributed by atoms with E-state index in [4.69, 9.17) is 4.98 Å². The van der Waals surface area contributed by atoms with Gasteiger partial charge in [0.25, 0.3) is 5.56 Å². The van der Waals surface area contributed by atoms with E-state index in [1.165, 1.54) is 18.2 Å². The van der Waals surface area contributed by atoms with Crippen molar-refractivity contribution in [1.82, 2.24) is 14.5 Å². The van der Waals surface area contributed by atoms with Gasteiger partial charge in [-0.25, -0.2) is 4.98 Å². The summed E-state index contributed by atoms with van der Waals surface area (Å²) in [5.74, 6) is 0.123. The van der Waals surface area contributed by atoms with E-state index in [1.54, 1.807) is 4.57 Å². The molecule has 4 rings (SSSR count). The van der Waals surface area contributed by atoms with Crippen molar-refractivity contribution in [3.05, 3.63) is 64.4 Å². The minimum atomic E-state index is -0.309. The van der Waals surface area contributed by atoms with Crippen LogP contribution in [-0.4, -0.2) is 38.7 Å². The number of nitrogens with zero attached hydrogens (tertiary/aromatic N) is 3. The Bertz CT molecular complexity index is 1120. The highest BCUT2D eigenvalue weighted by atomic mass is 32.2. The van der Waals surface area contributed by atoms with E-state index >= 15 is 0 Å². The third kappa shape index (κ3) is 4.01. The van der Waals surface area contributed by atoms with Crippen LogP contribution in [0, 0.1) is 0 Å². The predicted octanol–water partition coefficient (Wildman–Crippen LogP) is 4.44. The molecule has 156 valence electrons. The van der Waals surface area contributed by atoms with Gasteiger partial charge in [-0.2, -0.15) is 0 Å². The fourth-order valence-electron chi connectivity index (χ4n) is 4.01. The van der Waals surface area contributed by atoms with E-state index in [2.05, 4.69) is 6.92 Å². The van der Waals surface area contributed by atoms with Gasteiger partial charge in [-0.15, -0.1) is 0 Å². The van der Waals surface area contributed by atoms with Crippen molar-refractivity contribution < 1.29 is 4.79 Å². The van der Waals surface area contributed by atoms with Crippen molar-refractivity contribution in [3.63, 3.8) is 0 Å². The molecule has 1 amide bonds. The fourth-order valence-corrected chi connectivity index (χ4v) is 5.02. The van der Waals surface area contributed by atoms with Crippen LogP contribution in [0.5, 0.6) is 0 Å². The first-order valence-corrected chi connectivity index (χ1v) is 11.5. The van der Waals surface area contributed by atoms with Gasteiger partial charge in [-0.1, -0.05) is 49.0 Å². The highest BCUT2D eigenvalue weighted by Crippen LogP contribution is 2.28. The van der Waals surface area contributed by atoms with Gasteiger partial charge in [-0.05, 0) is 56.4 Å². The molecule has 0 radical (unpaired) electrons. The number of carbonyl (C=O) groups excluding carboxylic acids is 1. The molecule has 1 aliphatic heterocycles. The Morgan fingerprint density at radius 1 is 1.07 bits per heavy atom. The number of para-hydroxylation sites is 2. The molecule has 1 atom stereocenters. The minimum Gasteiger partial charge on any atom is -0.342 e. The zero-order chi connectivity index (χ0) is 21.1. The second kappa shape index (κ2) is 9.04. The lowest BCUT2D eigenvalue weighted by molar-refractivity contribution is -0.131. The largest absolute Gasteiger partial charge is 0.342 e. The topological polar surface area (TPSA) is 55.2 Å². The first-order chi connectivity index (χ1) is 14.6. The summed E-state index contributed by atoms with van der Waals surface area (Å²) in [6.45, 7) is 5.63. The van der Waals surface area contributed by atoms with Crippen LogP contribution < -0.4 is 5.56 Å². The lowest BCUT2D eigenvalue weighted by Gasteiger charge is -2.29. The summed E-state index contributed by atoms with van der Waals surface area (Å²) in [4.78, 5) is 33.3. The van der Waals surface area contributed by atoms with E-state index in [9.17, 15) is 9.59 Å². The van der Waals surface area contributed by atoms with Crippen LogP contribution in [0.2, 0.25) is 0 Å². The Morgan fingerprint density at radius 3 is 2.53 bits per heavy atom. The molecule has 3 aromatic rings. The summed E-state index contributed by atoms with van der Waals surface area (Å²) >= 11 is 1.38. The fraction of sp³-hybridized carbons (Fsp3) is 0.375. The summed E-state index contributed by atoms with van der Waals surface area (Å²) in [6, 6.07) is 15.3. The number of hydrogen-bond acceptors (Lipinski definition) is 4. The SMILES string of the molecule is CCc1ccccc1-n1c(S[C@H](C)C(=O)N2CCCCC2)nc2ccccc2c1=O. The van der Waals surface area contributed by atoms with Gasteiger partial charge in [0.1, 0.15) is 0 Å². The highest BCUT2D eigenvalue weighted by molar-refractivity contribution is 8.00. The van der Waals surface area contributed by atoms with Crippen LogP contribution >= 0.6 is 11.8 Å². The summed E-state index contributed by atoms with van der Waals surface area (Å²) in [6.07, 6.45) is 4.12. The molecule has 0 unspecified atom stereocenters. The number of fused-ring (bicyclic) bond motifs is 1. The third-order valence-corrected chi connectivity index (χ3v) is 6.70. The number of rotatable bonds is 5. The number of aryl methyl sites for hydroxylation is 1. The summed E-state index contributed by atoms with van der Waals surface area (Å²) in [5, 5.41) is 0.844. The third-order valence-electron chi connectivity index (χ3n) is 5.66. The molecule has 5 nitrogen and oxygen atoms in total. The zero-order valence-corrected chi connectivity index (χ0v) is 18.3. The average Bonchev–Trinajstić information content (AvgIpc) is 2.79. The summed E-state index contributed by atoms with van der Waals surface area (Å²) in [5.41, 5.74) is 2.48. The normalized spacial score (nSPS) is 15.3. The van der Waals surface area contributed by atoms with Crippen molar-refractivity contribution >= 4 is 28.6 Å². The number of aromatic nitrogens is 2. The molecule has 0 spiro atoms. The van der Waals surface area contributed by atoms with E-state index in [0.29, 0.717) is 16.1 Å². The van der Waals surface area contributed by atoms with Gasteiger partial charge in [0, 0.05) is 13.1 Å². The Balaban J connectivity index is 1.80. The molecular formula is C24H27N3O2S. The number of thioether (sulfide) groups is 1. The molecule has 1 saturated heterocycles. The molecule has 1 aromatic heterocycles. The number of amides is 1. The van der Waals surface area contributed by atoms with Gasteiger partial charge in [0.2, 0.25) is 5.91 Å². The molecule has 0 bridgehead atoms. The van der Waals surface area contributed by atoms with Gasteiger partial charge >= 0.3 is 0 Å². The number of carbonyl (C=O) groups is 1. The van der Waals surface area contributed by atoms with Gasteiger partial charge < -0.3 is 4.90 Å². The Morgan fingerprint density at radius 2 is 1.77 bits per heavy atom. The minimum absolute atomic E-state index is 0.0957. The van der Waals surface area contributed by atoms with Crippen LogP contribution in [0.15, 0.2) is 58.5 Å². The number of piperidine rings is 1. The predicted molar refractivity (Wildman–Crippen MR) is 122 cm³/mol. The Kier molecular flexibility index (Phi) is 6.23. The monoisotopic (exact) mass is 421 g/mol. The number of hydrogen-bond donors (Lipinski definition) is 0. The Hall–Kier alpha value is -2.60. The van der Waals surface area contributed by atoms with E-state index in [0.717, 1.165) is 43.6 Å². The van der Waals surface area contributed by atoms with E-state index in [-0.39, 0.29) is 16.7 Å². The van der Waals surface area contributed by atoms with Crippen molar-refractivity contribution in [2.45, 2.75) is 49.9 Å². The first-order valence-electron chi connectivity index (χ1n) is 10.7. The quantitative estimate of drug-likeness (QED) is 0.451. The molecule has 0 N–H and O–H groups in total. The number of benzene rings is 2. The van der Waals surface area contributed by atoms with Crippen LogP contribution in [0.1, 0.15) is 38.7 Å². The maximum Gasteiger partial charge on any atom is 0.266 e. The highest BCUT2D eigenvalue weighted by Gasteiger charge is 2.25.